The largest absolute Gasteiger partial charge is 0.420 e. The highest BCUT2D eigenvalue weighted by atomic mass is 35.5. The molecule has 8 nitrogen and oxygen atoms in total. The fourth-order valence-electron chi connectivity index (χ4n) is 3.61. The van der Waals surface area contributed by atoms with Gasteiger partial charge in [0.05, 0.1) is 10.7 Å². The molecule has 3 heterocycles. The molecule has 1 unspecified atom stereocenters. The number of hydrogen-bond acceptors (Lipinski definition) is 6. The van der Waals surface area contributed by atoms with Crippen molar-refractivity contribution >= 4 is 11.6 Å². The highest BCUT2D eigenvalue weighted by molar-refractivity contribution is 6.32. The number of nitrogens with one attached hydrogen (secondary N) is 1. The molecule has 1 atom stereocenters. The van der Waals surface area contributed by atoms with Gasteiger partial charge >= 0.3 is 0 Å². The van der Waals surface area contributed by atoms with E-state index in [-0.39, 0.29) is 23.2 Å². The Kier molecular flexibility index (Phi) is 5.77. The lowest BCUT2D eigenvalue weighted by Crippen LogP contribution is -2.08. The van der Waals surface area contributed by atoms with Crippen LogP contribution in [-0.4, -0.2) is 29.9 Å². The molecule has 1 N–H and O–H groups in total. The number of para-hydroxylation sites is 1. The first-order valence-corrected chi connectivity index (χ1v) is 10.8. The van der Waals surface area contributed by atoms with E-state index in [9.17, 15) is 9.18 Å². The van der Waals surface area contributed by atoms with Gasteiger partial charge in [-0.2, -0.15) is 0 Å². The Hall–Kier alpha value is -4.11. The van der Waals surface area contributed by atoms with Gasteiger partial charge in [-0.05, 0) is 42.5 Å². The summed E-state index contributed by atoms with van der Waals surface area (Å²) in [6.45, 7) is 1.93. The van der Waals surface area contributed by atoms with E-state index in [1.165, 1.54) is 24.4 Å². The number of halogens is 2. The summed E-state index contributed by atoms with van der Waals surface area (Å²) < 4.78 is 21.2. The Morgan fingerprint density at radius 1 is 1.03 bits per heavy atom. The van der Waals surface area contributed by atoms with Gasteiger partial charge in [0.1, 0.15) is 11.6 Å². The van der Waals surface area contributed by atoms with E-state index in [0.717, 1.165) is 0 Å². The van der Waals surface area contributed by atoms with Gasteiger partial charge in [-0.25, -0.2) is 4.39 Å². The highest BCUT2D eigenvalue weighted by Crippen LogP contribution is 2.30. The number of pyridine rings is 1. The van der Waals surface area contributed by atoms with E-state index < -0.39 is 0 Å². The second kappa shape index (κ2) is 9.03. The number of H-pyrrole nitrogens is 1. The van der Waals surface area contributed by atoms with Crippen molar-refractivity contribution in [2.75, 3.05) is 0 Å². The second-order valence-electron chi connectivity index (χ2n) is 7.73. The van der Waals surface area contributed by atoms with Gasteiger partial charge < -0.3 is 9.40 Å². The summed E-state index contributed by atoms with van der Waals surface area (Å²) in [7, 11) is 0. The third-order valence-corrected chi connectivity index (χ3v) is 5.62. The van der Waals surface area contributed by atoms with Gasteiger partial charge in [-0.1, -0.05) is 30.7 Å². The van der Waals surface area contributed by atoms with Crippen molar-refractivity contribution < 1.29 is 8.81 Å². The molecule has 2 aromatic carbocycles. The zero-order chi connectivity index (χ0) is 23.7. The van der Waals surface area contributed by atoms with Gasteiger partial charge in [-0.15, -0.1) is 20.4 Å². The first-order valence-electron chi connectivity index (χ1n) is 10.5. The molecule has 0 fully saturated rings. The van der Waals surface area contributed by atoms with E-state index >= 15 is 0 Å². The van der Waals surface area contributed by atoms with Gasteiger partial charge in [0.2, 0.25) is 17.3 Å². The lowest BCUT2D eigenvalue weighted by atomic mass is 10.1. The van der Waals surface area contributed by atoms with Crippen LogP contribution in [0.5, 0.6) is 0 Å². The van der Waals surface area contributed by atoms with E-state index in [1.54, 1.807) is 24.3 Å². The van der Waals surface area contributed by atoms with Crippen molar-refractivity contribution in [2.24, 2.45) is 0 Å². The van der Waals surface area contributed by atoms with Crippen LogP contribution >= 0.6 is 11.6 Å². The maximum Gasteiger partial charge on any atom is 0.248 e. The van der Waals surface area contributed by atoms with Crippen LogP contribution in [-0.2, 0) is 6.42 Å². The first kappa shape index (κ1) is 21.7. The lowest BCUT2D eigenvalue weighted by Gasteiger charge is -2.13. The lowest BCUT2D eigenvalue weighted by molar-refractivity contribution is 0.461. The molecule has 0 spiro atoms. The summed E-state index contributed by atoms with van der Waals surface area (Å²) in [4.78, 5) is 14.1. The van der Waals surface area contributed by atoms with Gasteiger partial charge in [0.15, 0.2) is 5.82 Å². The van der Waals surface area contributed by atoms with Crippen molar-refractivity contribution in [3.63, 3.8) is 0 Å². The van der Waals surface area contributed by atoms with Crippen LogP contribution in [0.1, 0.15) is 24.6 Å². The number of hydrogen-bond donors (Lipinski definition) is 1. The first-order chi connectivity index (χ1) is 16.5. The molecule has 5 aromatic rings. The number of nitrogens with zero attached hydrogens (tertiary/aromatic N) is 5. The van der Waals surface area contributed by atoms with E-state index in [1.807, 2.05) is 29.7 Å². The summed E-state index contributed by atoms with van der Waals surface area (Å²) in [5, 5.41) is 17.5. The maximum absolute atomic E-state index is 13.5. The third kappa shape index (κ3) is 4.25. The predicted octanol–water partition coefficient (Wildman–Crippen LogP) is 4.81. The number of rotatable bonds is 6. The molecular formula is C24H18ClFN6O2. The molecule has 170 valence electrons. The SMILES string of the molecule is CC(Cc1nnc(-c2ccc(F)cc2)n1-c1ccccc1Cl)c1nnc(-c2cc[nH]c(=O)c2)o1. The van der Waals surface area contributed by atoms with E-state index in [4.69, 9.17) is 16.0 Å². The van der Waals surface area contributed by atoms with Crippen LogP contribution < -0.4 is 5.56 Å². The van der Waals surface area contributed by atoms with Crippen LogP contribution in [0.25, 0.3) is 28.5 Å². The van der Waals surface area contributed by atoms with Crippen molar-refractivity contribution in [3.05, 3.63) is 99.8 Å². The van der Waals surface area contributed by atoms with Crippen LogP contribution in [0, 0.1) is 5.82 Å². The molecule has 5 rings (SSSR count). The van der Waals surface area contributed by atoms with Crippen molar-refractivity contribution in [1.29, 1.82) is 0 Å². The molecule has 34 heavy (non-hydrogen) atoms. The molecule has 0 amide bonds. The Morgan fingerprint density at radius 2 is 1.82 bits per heavy atom. The van der Waals surface area contributed by atoms with E-state index in [0.29, 0.717) is 45.8 Å². The van der Waals surface area contributed by atoms with Crippen molar-refractivity contribution in [1.82, 2.24) is 29.9 Å². The molecule has 0 aliphatic carbocycles. The molecule has 0 radical (unpaired) electrons. The Bertz CT molecular complexity index is 1510. The molecular weight excluding hydrogens is 459 g/mol. The summed E-state index contributed by atoms with van der Waals surface area (Å²) >= 11 is 6.50. The second-order valence-corrected chi connectivity index (χ2v) is 8.13. The topological polar surface area (TPSA) is 102 Å². The highest BCUT2D eigenvalue weighted by Gasteiger charge is 2.23. The predicted molar refractivity (Wildman–Crippen MR) is 124 cm³/mol. The average Bonchev–Trinajstić information content (AvgIpc) is 3.48. The molecule has 0 aliphatic heterocycles. The summed E-state index contributed by atoms with van der Waals surface area (Å²) in [5.41, 5.74) is 1.67. The summed E-state index contributed by atoms with van der Waals surface area (Å²) in [6.07, 6.45) is 1.93. The van der Waals surface area contributed by atoms with Crippen LogP contribution in [0.15, 0.2) is 76.1 Å². The maximum atomic E-state index is 13.5. The summed E-state index contributed by atoms with van der Waals surface area (Å²) in [5.74, 6) is 1.25. The minimum Gasteiger partial charge on any atom is -0.420 e. The zero-order valence-corrected chi connectivity index (χ0v) is 18.7. The Morgan fingerprint density at radius 3 is 2.59 bits per heavy atom. The molecule has 0 saturated heterocycles. The minimum absolute atomic E-state index is 0.213. The monoisotopic (exact) mass is 476 g/mol. The van der Waals surface area contributed by atoms with Gasteiger partial charge in [-0.3, -0.25) is 9.36 Å². The quantitative estimate of drug-likeness (QED) is 0.377. The normalized spacial score (nSPS) is 12.1. The Labute approximate surface area is 198 Å². The summed E-state index contributed by atoms with van der Waals surface area (Å²) in [6, 6.07) is 16.5. The van der Waals surface area contributed by atoms with Crippen LogP contribution in [0.3, 0.4) is 0 Å². The number of benzene rings is 2. The zero-order valence-electron chi connectivity index (χ0n) is 17.9. The van der Waals surface area contributed by atoms with Crippen molar-refractivity contribution in [3.8, 4) is 28.5 Å². The molecule has 0 aliphatic rings. The van der Waals surface area contributed by atoms with Gasteiger partial charge in [0, 0.05) is 35.7 Å². The molecule has 0 bridgehead atoms. The molecule has 3 aromatic heterocycles. The van der Waals surface area contributed by atoms with Crippen LogP contribution in [0.4, 0.5) is 4.39 Å². The van der Waals surface area contributed by atoms with Gasteiger partial charge in [0.25, 0.3) is 0 Å². The van der Waals surface area contributed by atoms with Crippen LogP contribution in [0.2, 0.25) is 5.02 Å². The fourth-order valence-corrected chi connectivity index (χ4v) is 3.83. The smallest absolute Gasteiger partial charge is 0.248 e. The number of aromatic amines is 1. The van der Waals surface area contributed by atoms with Crippen molar-refractivity contribution in [2.45, 2.75) is 19.3 Å². The molecule has 0 saturated carbocycles. The third-order valence-electron chi connectivity index (χ3n) is 5.30. The fraction of sp³-hybridized carbons (Fsp3) is 0.125. The average molecular weight is 477 g/mol. The Balaban J connectivity index is 1.51. The standard InChI is InChI=1S/C24H18ClFN6O2/c1-14(23-30-31-24(34-23)16-10-11-27-21(33)13-16)12-20-28-29-22(15-6-8-17(26)9-7-15)32(20)19-5-3-2-4-18(19)25/h2-11,13-14H,12H2,1H3,(H,27,33). The van der Waals surface area contributed by atoms with E-state index in [2.05, 4.69) is 25.4 Å². The molecule has 10 heteroatoms. The minimum atomic E-state index is -0.339. The number of aromatic nitrogens is 6.